The van der Waals surface area contributed by atoms with E-state index in [1.807, 2.05) is 0 Å². The van der Waals surface area contributed by atoms with Crippen LogP contribution in [0.15, 0.2) is 53.4 Å². The van der Waals surface area contributed by atoms with Crippen molar-refractivity contribution in [2.24, 2.45) is 0 Å². The third-order valence-corrected chi connectivity index (χ3v) is 5.01. The second-order valence-electron chi connectivity index (χ2n) is 4.53. The molecule has 0 unspecified atom stereocenters. The summed E-state index contributed by atoms with van der Waals surface area (Å²) < 4.78 is 37.1. The molecule has 0 atom stereocenters. The van der Waals surface area contributed by atoms with Crippen molar-refractivity contribution >= 4 is 27.2 Å². The fraction of sp³-hybridized carbons (Fsp3) is 0.133. The third kappa shape index (κ3) is 4.12. The zero-order valence-corrected chi connectivity index (χ0v) is 12.5. The molecule has 0 fully saturated rings. The molecule has 0 aromatic heterocycles. The Morgan fingerprint density at radius 1 is 1.05 bits per heavy atom. The van der Waals surface area contributed by atoms with Gasteiger partial charge in [0.25, 0.3) is 0 Å². The third-order valence-electron chi connectivity index (χ3n) is 2.84. The molecule has 6 heteroatoms. The van der Waals surface area contributed by atoms with Crippen LogP contribution in [0.3, 0.4) is 0 Å². The maximum atomic E-state index is 12.8. The van der Waals surface area contributed by atoms with E-state index >= 15 is 0 Å². The Balaban J connectivity index is 2.12. The molecule has 0 bridgehead atoms. The van der Waals surface area contributed by atoms with Crippen LogP contribution in [0.25, 0.3) is 0 Å². The van der Waals surface area contributed by atoms with Crippen molar-refractivity contribution in [1.82, 2.24) is 0 Å². The Bertz CT molecular complexity index is 755. The smallest absolute Gasteiger partial charge is 0.186 e. The molecule has 0 N–H and O–H groups in total. The molecule has 0 aliphatic heterocycles. The summed E-state index contributed by atoms with van der Waals surface area (Å²) in [7, 11) is -3.77. The summed E-state index contributed by atoms with van der Waals surface area (Å²) in [6.45, 7) is 0. The van der Waals surface area contributed by atoms with E-state index in [0.29, 0.717) is 5.56 Å². The molecule has 0 aliphatic rings. The van der Waals surface area contributed by atoms with E-state index in [4.69, 9.17) is 11.6 Å². The van der Waals surface area contributed by atoms with Crippen molar-refractivity contribution in [3.8, 4) is 0 Å². The van der Waals surface area contributed by atoms with Crippen LogP contribution in [-0.4, -0.2) is 20.0 Å². The fourth-order valence-electron chi connectivity index (χ4n) is 1.87. The molecule has 2 aromatic rings. The van der Waals surface area contributed by atoms with Crippen molar-refractivity contribution in [2.75, 3.05) is 5.75 Å². The maximum absolute atomic E-state index is 12.8. The van der Waals surface area contributed by atoms with Gasteiger partial charge in [-0.2, -0.15) is 0 Å². The van der Waals surface area contributed by atoms with Gasteiger partial charge in [0.15, 0.2) is 15.6 Å². The number of sulfone groups is 1. The van der Waals surface area contributed by atoms with Gasteiger partial charge in [-0.15, -0.1) is 0 Å². The number of hydrogen-bond acceptors (Lipinski definition) is 3. The number of carbonyl (C=O) groups is 1. The quantitative estimate of drug-likeness (QED) is 0.848. The number of rotatable bonds is 5. The van der Waals surface area contributed by atoms with Gasteiger partial charge in [-0.1, -0.05) is 35.9 Å². The maximum Gasteiger partial charge on any atom is 0.186 e. The Morgan fingerprint density at radius 3 is 2.29 bits per heavy atom. The van der Waals surface area contributed by atoms with E-state index in [0.717, 1.165) is 0 Å². The molecule has 0 spiro atoms. The van der Waals surface area contributed by atoms with E-state index in [9.17, 15) is 17.6 Å². The molecule has 2 rings (SSSR count). The zero-order chi connectivity index (χ0) is 15.5. The Morgan fingerprint density at radius 2 is 1.67 bits per heavy atom. The molecule has 0 saturated carbocycles. The van der Waals surface area contributed by atoms with Gasteiger partial charge in [0.05, 0.1) is 9.92 Å². The molecule has 3 nitrogen and oxygen atoms in total. The topological polar surface area (TPSA) is 51.2 Å². The predicted octanol–water partition coefficient (Wildman–Crippen LogP) is 3.06. The first kappa shape index (κ1) is 15.7. The number of Topliss-reactive ketones (excluding diaryl/α,β-unsaturated/α-hetero) is 1. The molecule has 0 saturated heterocycles. The normalized spacial score (nSPS) is 11.3. The Kier molecular flexibility index (Phi) is 4.75. The summed E-state index contributed by atoms with van der Waals surface area (Å²) in [5, 5.41) is 0.0899. The summed E-state index contributed by atoms with van der Waals surface area (Å²) in [4.78, 5) is 11.8. The largest absolute Gasteiger partial charge is 0.298 e. The highest BCUT2D eigenvalue weighted by Crippen LogP contribution is 2.22. The highest BCUT2D eigenvalue weighted by atomic mass is 35.5. The first-order chi connectivity index (χ1) is 9.88. The fourth-order valence-corrected chi connectivity index (χ4v) is 3.69. The average molecular weight is 327 g/mol. The van der Waals surface area contributed by atoms with Crippen molar-refractivity contribution in [2.45, 2.75) is 11.3 Å². The lowest BCUT2D eigenvalue weighted by molar-refractivity contribution is -0.116. The summed E-state index contributed by atoms with van der Waals surface area (Å²) in [6.07, 6.45) is -0.0655. The Labute approximate surface area is 127 Å². The predicted molar refractivity (Wildman–Crippen MR) is 78.6 cm³/mol. The van der Waals surface area contributed by atoms with Crippen LogP contribution >= 0.6 is 11.6 Å². The Hall–Kier alpha value is -1.72. The van der Waals surface area contributed by atoms with Gasteiger partial charge in [0.1, 0.15) is 11.6 Å². The zero-order valence-electron chi connectivity index (χ0n) is 10.9. The molecule has 0 aliphatic carbocycles. The SMILES string of the molecule is O=C(Cc1ccc(F)cc1)CS(=O)(=O)c1ccccc1Cl. The molecular weight excluding hydrogens is 315 g/mol. The minimum absolute atomic E-state index is 0.0564. The monoisotopic (exact) mass is 326 g/mol. The molecule has 0 heterocycles. The average Bonchev–Trinajstić information content (AvgIpc) is 2.41. The molecule has 21 heavy (non-hydrogen) atoms. The van der Waals surface area contributed by atoms with Gasteiger partial charge in [-0.25, -0.2) is 12.8 Å². The summed E-state index contributed by atoms with van der Waals surface area (Å²) in [5.41, 5.74) is 0.566. The van der Waals surface area contributed by atoms with Gasteiger partial charge in [0, 0.05) is 6.42 Å². The van der Waals surface area contributed by atoms with E-state index in [1.165, 1.54) is 36.4 Å². The first-order valence-electron chi connectivity index (χ1n) is 6.12. The van der Waals surface area contributed by atoms with E-state index in [1.54, 1.807) is 12.1 Å². The van der Waals surface area contributed by atoms with Crippen LogP contribution in [0, 0.1) is 5.82 Å². The lowest BCUT2D eigenvalue weighted by Gasteiger charge is -2.06. The van der Waals surface area contributed by atoms with Crippen molar-refractivity contribution in [3.63, 3.8) is 0 Å². The first-order valence-corrected chi connectivity index (χ1v) is 8.15. The van der Waals surface area contributed by atoms with Gasteiger partial charge in [-0.3, -0.25) is 4.79 Å². The van der Waals surface area contributed by atoms with Gasteiger partial charge in [0.2, 0.25) is 0 Å². The van der Waals surface area contributed by atoms with E-state index in [2.05, 4.69) is 0 Å². The van der Waals surface area contributed by atoms with Crippen LogP contribution in [0.1, 0.15) is 5.56 Å². The second kappa shape index (κ2) is 6.37. The van der Waals surface area contributed by atoms with E-state index in [-0.39, 0.29) is 16.3 Å². The number of benzene rings is 2. The second-order valence-corrected chi connectivity index (χ2v) is 6.90. The molecule has 110 valence electrons. The minimum atomic E-state index is -3.77. The number of carbonyl (C=O) groups excluding carboxylic acids is 1. The van der Waals surface area contributed by atoms with Crippen LogP contribution in [0.5, 0.6) is 0 Å². The summed E-state index contributed by atoms with van der Waals surface area (Å²) in [5.74, 6) is -1.51. The van der Waals surface area contributed by atoms with Crippen molar-refractivity contribution < 1.29 is 17.6 Å². The lowest BCUT2D eigenvalue weighted by atomic mass is 10.1. The summed E-state index contributed by atoms with van der Waals surface area (Å²) >= 11 is 5.84. The number of ketones is 1. The van der Waals surface area contributed by atoms with Crippen LogP contribution in [-0.2, 0) is 21.1 Å². The minimum Gasteiger partial charge on any atom is -0.298 e. The van der Waals surface area contributed by atoms with Gasteiger partial charge >= 0.3 is 0 Å². The van der Waals surface area contributed by atoms with Crippen molar-refractivity contribution in [3.05, 3.63) is 64.9 Å². The van der Waals surface area contributed by atoms with Crippen LogP contribution < -0.4 is 0 Å². The number of halogens is 2. The standard InChI is InChI=1S/C15H12ClFO3S/c16-14-3-1-2-4-15(14)21(19,20)10-13(18)9-11-5-7-12(17)8-6-11/h1-8H,9-10H2. The highest BCUT2D eigenvalue weighted by molar-refractivity contribution is 7.92. The van der Waals surface area contributed by atoms with Crippen molar-refractivity contribution in [1.29, 1.82) is 0 Å². The highest BCUT2D eigenvalue weighted by Gasteiger charge is 2.21. The number of hydrogen-bond donors (Lipinski definition) is 0. The molecule has 0 radical (unpaired) electrons. The van der Waals surface area contributed by atoms with Gasteiger partial charge < -0.3 is 0 Å². The van der Waals surface area contributed by atoms with Crippen LogP contribution in [0.2, 0.25) is 5.02 Å². The van der Waals surface area contributed by atoms with E-state index < -0.39 is 27.2 Å². The van der Waals surface area contributed by atoms with Crippen LogP contribution in [0.4, 0.5) is 4.39 Å². The summed E-state index contributed by atoms with van der Waals surface area (Å²) in [6, 6.07) is 11.3. The molecule has 0 amide bonds. The van der Waals surface area contributed by atoms with Gasteiger partial charge in [-0.05, 0) is 29.8 Å². The lowest BCUT2D eigenvalue weighted by Crippen LogP contribution is -2.18. The molecular formula is C15H12ClFO3S. The molecule has 2 aromatic carbocycles.